The molecular formula is C14H17N3. The lowest BCUT2D eigenvalue weighted by Crippen LogP contribution is -2.10. The molecular weight excluding hydrogens is 210 g/mol. The molecule has 0 fully saturated rings. The Morgan fingerprint density at radius 2 is 1.82 bits per heavy atom. The van der Waals surface area contributed by atoms with Gasteiger partial charge in [0.25, 0.3) is 0 Å². The van der Waals surface area contributed by atoms with Crippen LogP contribution in [-0.4, -0.2) is 9.97 Å². The van der Waals surface area contributed by atoms with E-state index in [9.17, 15) is 0 Å². The number of aryl methyl sites for hydroxylation is 2. The second-order valence-electron chi connectivity index (χ2n) is 4.22. The Morgan fingerprint density at radius 1 is 1.12 bits per heavy atom. The highest BCUT2D eigenvalue weighted by atomic mass is 15.0. The van der Waals surface area contributed by atoms with Crippen LogP contribution in [-0.2, 0) is 0 Å². The quantitative estimate of drug-likeness (QED) is 0.874. The predicted molar refractivity (Wildman–Crippen MR) is 70.0 cm³/mol. The van der Waals surface area contributed by atoms with Crippen molar-refractivity contribution >= 4 is 5.82 Å². The lowest BCUT2D eigenvalue weighted by atomic mass is 10.1. The van der Waals surface area contributed by atoms with Gasteiger partial charge in [-0.25, -0.2) is 4.98 Å². The van der Waals surface area contributed by atoms with E-state index in [1.807, 2.05) is 32.0 Å². The summed E-state index contributed by atoms with van der Waals surface area (Å²) in [6.07, 6.45) is 1.79. The SMILES string of the molecule is Cc1cnc(C)c(NC(C)c2ccccc2)n1. The molecule has 0 saturated heterocycles. The van der Waals surface area contributed by atoms with Crippen molar-refractivity contribution in [3.05, 3.63) is 53.5 Å². The average molecular weight is 227 g/mol. The molecule has 1 aromatic carbocycles. The molecule has 1 heterocycles. The van der Waals surface area contributed by atoms with Crippen LogP contribution in [0.3, 0.4) is 0 Å². The van der Waals surface area contributed by atoms with Crippen molar-refractivity contribution in [1.82, 2.24) is 9.97 Å². The number of nitrogens with one attached hydrogen (secondary N) is 1. The molecule has 0 radical (unpaired) electrons. The molecule has 0 aliphatic carbocycles. The van der Waals surface area contributed by atoms with Crippen LogP contribution < -0.4 is 5.32 Å². The predicted octanol–water partition coefficient (Wildman–Crippen LogP) is 3.27. The summed E-state index contributed by atoms with van der Waals surface area (Å²) >= 11 is 0. The number of rotatable bonds is 3. The van der Waals surface area contributed by atoms with Crippen LogP contribution in [0, 0.1) is 13.8 Å². The number of aromatic nitrogens is 2. The lowest BCUT2D eigenvalue weighted by Gasteiger charge is -2.16. The Balaban J connectivity index is 2.18. The van der Waals surface area contributed by atoms with Gasteiger partial charge in [0.05, 0.1) is 17.4 Å². The molecule has 1 N–H and O–H groups in total. The Kier molecular flexibility index (Phi) is 3.38. The largest absolute Gasteiger partial charge is 0.362 e. The van der Waals surface area contributed by atoms with Crippen LogP contribution in [0.4, 0.5) is 5.82 Å². The molecule has 1 aromatic heterocycles. The van der Waals surface area contributed by atoms with Crippen molar-refractivity contribution in [1.29, 1.82) is 0 Å². The molecule has 1 unspecified atom stereocenters. The van der Waals surface area contributed by atoms with Crippen LogP contribution in [0.2, 0.25) is 0 Å². The van der Waals surface area contributed by atoms with E-state index in [2.05, 4.69) is 34.3 Å². The summed E-state index contributed by atoms with van der Waals surface area (Å²) in [5.74, 6) is 0.862. The minimum atomic E-state index is 0.228. The summed E-state index contributed by atoms with van der Waals surface area (Å²) in [5, 5.41) is 3.39. The fraction of sp³-hybridized carbons (Fsp3) is 0.286. The molecule has 88 valence electrons. The average Bonchev–Trinajstić information content (AvgIpc) is 2.35. The van der Waals surface area contributed by atoms with Gasteiger partial charge in [-0.3, -0.25) is 4.98 Å². The topological polar surface area (TPSA) is 37.8 Å². The van der Waals surface area contributed by atoms with Crippen LogP contribution in [0.1, 0.15) is 29.9 Å². The minimum Gasteiger partial charge on any atom is -0.362 e. The maximum atomic E-state index is 4.46. The zero-order valence-electron chi connectivity index (χ0n) is 10.4. The van der Waals surface area contributed by atoms with Gasteiger partial charge in [-0.1, -0.05) is 30.3 Å². The van der Waals surface area contributed by atoms with Gasteiger partial charge in [-0.15, -0.1) is 0 Å². The van der Waals surface area contributed by atoms with Crippen molar-refractivity contribution < 1.29 is 0 Å². The summed E-state index contributed by atoms with van der Waals surface area (Å²) in [7, 11) is 0. The van der Waals surface area contributed by atoms with Crippen molar-refractivity contribution in [2.45, 2.75) is 26.8 Å². The maximum Gasteiger partial charge on any atom is 0.148 e. The molecule has 3 nitrogen and oxygen atoms in total. The Bertz CT molecular complexity index is 494. The van der Waals surface area contributed by atoms with Gasteiger partial charge >= 0.3 is 0 Å². The van der Waals surface area contributed by atoms with Gasteiger partial charge < -0.3 is 5.32 Å². The molecule has 0 aliphatic rings. The first kappa shape index (κ1) is 11.6. The highest BCUT2D eigenvalue weighted by Crippen LogP contribution is 2.19. The van der Waals surface area contributed by atoms with E-state index >= 15 is 0 Å². The third-order valence-corrected chi connectivity index (χ3v) is 2.73. The molecule has 1 atom stereocenters. The molecule has 2 aromatic rings. The highest BCUT2D eigenvalue weighted by molar-refractivity contribution is 5.42. The Hall–Kier alpha value is -1.90. The Morgan fingerprint density at radius 3 is 2.53 bits per heavy atom. The lowest BCUT2D eigenvalue weighted by molar-refractivity contribution is 0.862. The zero-order chi connectivity index (χ0) is 12.3. The second-order valence-corrected chi connectivity index (χ2v) is 4.22. The first-order valence-electron chi connectivity index (χ1n) is 5.78. The van der Waals surface area contributed by atoms with Crippen LogP contribution in [0.25, 0.3) is 0 Å². The highest BCUT2D eigenvalue weighted by Gasteiger charge is 2.08. The first-order valence-corrected chi connectivity index (χ1v) is 5.78. The number of anilines is 1. The first-order chi connectivity index (χ1) is 8.16. The van der Waals surface area contributed by atoms with E-state index in [0.29, 0.717) is 0 Å². The molecule has 0 bridgehead atoms. The van der Waals surface area contributed by atoms with Gasteiger partial charge in [-0.2, -0.15) is 0 Å². The van der Waals surface area contributed by atoms with Crippen molar-refractivity contribution in [3.63, 3.8) is 0 Å². The summed E-state index contributed by atoms with van der Waals surface area (Å²) in [6.45, 7) is 6.04. The third kappa shape index (κ3) is 2.81. The van der Waals surface area contributed by atoms with Gasteiger partial charge in [0.2, 0.25) is 0 Å². The summed E-state index contributed by atoms with van der Waals surface area (Å²) in [6, 6.07) is 10.6. The smallest absolute Gasteiger partial charge is 0.148 e. The third-order valence-electron chi connectivity index (χ3n) is 2.73. The van der Waals surface area contributed by atoms with E-state index in [0.717, 1.165) is 17.2 Å². The van der Waals surface area contributed by atoms with Crippen LogP contribution >= 0.6 is 0 Å². The molecule has 0 saturated carbocycles. The van der Waals surface area contributed by atoms with E-state index in [1.165, 1.54) is 5.56 Å². The van der Waals surface area contributed by atoms with Gasteiger partial charge in [0.1, 0.15) is 5.82 Å². The molecule has 3 heteroatoms. The normalized spacial score (nSPS) is 12.2. The van der Waals surface area contributed by atoms with Crippen LogP contribution in [0.15, 0.2) is 36.5 Å². The minimum absolute atomic E-state index is 0.228. The van der Waals surface area contributed by atoms with Crippen LogP contribution in [0.5, 0.6) is 0 Å². The standard InChI is InChI=1S/C14H17N3/c1-10-9-15-12(3)14(16-10)17-11(2)13-7-5-4-6-8-13/h4-9,11H,1-3H3,(H,16,17). The van der Waals surface area contributed by atoms with Gasteiger partial charge in [-0.05, 0) is 26.3 Å². The molecule has 0 amide bonds. The molecule has 17 heavy (non-hydrogen) atoms. The Labute approximate surface area is 102 Å². The van der Waals surface area contributed by atoms with Crippen molar-refractivity contribution in [2.75, 3.05) is 5.32 Å². The number of hydrogen-bond acceptors (Lipinski definition) is 3. The summed E-state index contributed by atoms with van der Waals surface area (Å²) in [4.78, 5) is 8.76. The number of hydrogen-bond donors (Lipinski definition) is 1. The zero-order valence-corrected chi connectivity index (χ0v) is 10.4. The van der Waals surface area contributed by atoms with Crippen molar-refractivity contribution in [3.8, 4) is 0 Å². The maximum absolute atomic E-state index is 4.46. The summed E-state index contributed by atoms with van der Waals surface area (Å²) < 4.78 is 0. The van der Waals surface area contributed by atoms with E-state index in [4.69, 9.17) is 0 Å². The molecule has 0 aliphatic heterocycles. The fourth-order valence-electron chi connectivity index (χ4n) is 1.70. The monoisotopic (exact) mass is 227 g/mol. The summed E-state index contributed by atoms with van der Waals surface area (Å²) in [5.41, 5.74) is 3.10. The molecule has 0 spiro atoms. The van der Waals surface area contributed by atoms with Crippen molar-refractivity contribution in [2.24, 2.45) is 0 Å². The molecule has 2 rings (SSSR count). The fourth-order valence-corrected chi connectivity index (χ4v) is 1.70. The number of nitrogens with zero attached hydrogens (tertiary/aromatic N) is 2. The van der Waals surface area contributed by atoms with E-state index < -0.39 is 0 Å². The van der Waals surface area contributed by atoms with E-state index in [-0.39, 0.29) is 6.04 Å². The second kappa shape index (κ2) is 4.95. The van der Waals surface area contributed by atoms with Gasteiger partial charge in [0, 0.05) is 6.20 Å². The van der Waals surface area contributed by atoms with E-state index in [1.54, 1.807) is 6.20 Å². The van der Waals surface area contributed by atoms with Gasteiger partial charge in [0.15, 0.2) is 0 Å². The number of benzene rings is 1.